The van der Waals surface area contributed by atoms with Gasteiger partial charge < -0.3 is 9.84 Å². The van der Waals surface area contributed by atoms with Crippen LogP contribution in [0.15, 0.2) is 54.6 Å². The van der Waals surface area contributed by atoms with E-state index in [0.717, 1.165) is 11.1 Å². The number of hydrogen-bond donors (Lipinski definition) is 1. The summed E-state index contributed by atoms with van der Waals surface area (Å²) >= 11 is 0. The van der Waals surface area contributed by atoms with Crippen LogP contribution < -0.4 is 0 Å². The zero-order valence-electron chi connectivity index (χ0n) is 10.0. The molecule has 2 aromatic rings. The van der Waals surface area contributed by atoms with E-state index in [0.29, 0.717) is 5.56 Å². The molecule has 1 atom stereocenters. The van der Waals surface area contributed by atoms with E-state index in [9.17, 15) is 4.79 Å². The predicted molar refractivity (Wildman–Crippen MR) is 69.3 cm³/mol. The van der Waals surface area contributed by atoms with E-state index in [1.54, 1.807) is 12.1 Å². The van der Waals surface area contributed by atoms with Crippen molar-refractivity contribution in [2.45, 2.75) is 6.10 Å². The van der Waals surface area contributed by atoms with Crippen molar-refractivity contribution < 1.29 is 14.6 Å². The molecule has 0 fully saturated rings. The van der Waals surface area contributed by atoms with Gasteiger partial charge in [-0.2, -0.15) is 0 Å². The number of rotatable bonds is 4. The maximum atomic E-state index is 11.0. The molecule has 1 N–H and O–H groups in total. The number of ether oxygens (including phenoxy) is 1. The third kappa shape index (κ3) is 2.57. The van der Waals surface area contributed by atoms with Crippen LogP contribution in [-0.4, -0.2) is 18.2 Å². The van der Waals surface area contributed by atoms with Crippen LogP contribution in [0.2, 0.25) is 0 Å². The van der Waals surface area contributed by atoms with Gasteiger partial charge in [0.25, 0.3) is 0 Å². The van der Waals surface area contributed by atoms with Crippen LogP contribution in [0.4, 0.5) is 0 Å². The molecule has 18 heavy (non-hydrogen) atoms. The Morgan fingerprint density at radius 2 is 1.56 bits per heavy atom. The van der Waals surface area contributed by atoms with E-state index < -0.39 is 12.1 Å². The highest BCUT2D eigenvalue weighted by Crippen LogP contribution is 2.23. The minimum Gasteiger partial charge on any atom is -0.479 e. The van der Waals surface area contributed by atoms with Crippen molar-refractivity contribution in [3.8, 4) is 11.1 Å². The van der Waals surface area contributed by atoms with E-state index in [1.807, 2.05) is 42.5 Å². The first-order valence-electron chi connectivity index (χ1n) is 5.63. The lowest BCUT2D eigenvalue weighted by molar-refractivity contribution is -0.148. The molecule has 0 heterocycles. The summed E-state index contributed by atoms with van der Waals surface area (Å²) in [7, 11) is 1.39. The average molecular weight is 242 g/mol. The van der Waals surface area contributed by atoms with Gasteiger partial charge in [0.1, 0.15) is 0 Å². The molecular formula is C15H14O3. The molecule has 0 aliphatic rings. The second-order valence-corrected chi connectivity index (χ2v) is 3.94. The van der Waals surface area contributed by atoms with Crippen molar-refractivity contribution in [3.63, 3.8) is 0 Å². The summed E-state index contributed by atoms with van der Waals surface area (Å²) in [5, 5.41) is 8.99. The monoisotopic (exact) mass is 242 g/mol. The minimum atomic E-state index is -0.982. The molecule has 92 valence electrons. The van der Waals surface area contributed by atoms with Gasteiger partial charge in [0.05, 0.1) is 0 Å². The first-order chi connectivity index (χ1) is 8.72. The van der Waals surface area contributed by atoms with Crippen LogP contribution in [0.25, 0.3) is 11.1 Å². The maximum Gasteiger partial charge on any atom is 0.337 e. The summed E-state index contributed by atoms with van der Waals surface area (Å²) in [5.41, 5.74) is 2.80. The van der Waals surface area contributed by atoms with Crippen LogP contribution in [0, 0.1) is 0 Å². The molecule has 0 aliphatic heterocycles. The van der Waals surface area contributed by atoms with Crippen molar-refractivity contribution >= 4 is 5.97 Å². The fourth-order valence-electron chi connectivity index (χ4n) is 1.86. The third-order valence-electron chi connectivity index (χ3n) is 2.78. The highest BCUT2D eigenvalue weighted by atomic mass is 16.5. The molecule has 0 spiro atoms. The lowest BCUT2D eigenvalue weighted by Gasteiger charge is -2.11. The molecule has 1 unspecified atom stereocenters. The first-order valence-corrected chi connectivity index (χ1v) is 5.63. The van der Waals surface area contributed by atoms with Crippen LogP contribution >= 0.6 is 0 Å². The van der Waals surface area contributed by atoms with E-state index in [1.165, 1.54) is 7.11 Å². The molecular weight excluding hydrogens is 228 g/mol. The first kappa shape index (κ1) is 12.3. The molecule has 3 nitrogen and oxygen atoms in total. The van der Waals surface area contributed by atoms with Crippen LogP contribution in [0.3, 0.4) is 0 Å². The number of methoxy groups -OCH3 is 1. The molecule has 0 aromatic heterocycles. The van der Waals surface area contributed by atoms with E-state index in [4.69, 9.17) is 9.84 Å². The van der Waals surface area contributed by atoms with Gasteiger partial charge in [0.2, 0.25) is 0 Å². The van der Waals surface area contributed by atoms with Gasteiger partial charge in [-0.15, -0.1) is 0 Å². The fraction of sp³-hybridized carbons (Fsp3) is 0.133. The van der Waals surface area contributed by atoms with Gasteiger partial charge >= 0.3 is 5.97 Å². The molecule has 0 amide bonds. The van der Waals surface area contributed by atoms with Crippen molar-refractivity contribution in [1.29, 1.82) is 0 Å². The lowest BCUT2D eigenvalue weighted by atomic mass is 10.0. The number of carboxylic acids is 1. The Morgan fingerprint density at radius 3 is 2.06 bits per heavy atom. The highest BCUT2D eigenvalue weighted by Gasteiger charge is 2.18. The number of carboxylic acid groups (broad SMARTS) is 1. The van der Waals surface area contributed by atoms with E-state index in [-0.39, 0.29) is 0 Å². The van der Waals surface area contributed by atoms with Gasteiger partial charge in [0, 0.05) is 7.11 Å². The SMILES string of the molecule is COC(C(=O)O)c1ccc(-c2ccccc2)cc1. The minimum absolute atomic E-state index is 0.643. The number of aliphatic carboxylic acids is 1. The summed E-state index contributed by atoms with van der Waals surface area (Å²) in [6.07, 6.45) is -0.908. The van der Waals surface area contributed by atoms with Gasteiger partial charge in [-0.05, 0) is 16.7 Å². The van der Waals surface area contributed by atoms with Crippen molar-refractivity contribution in [1.82, 2.24) is 0 Å². The topological polar surface area (TPSA) is 46.5 Å². The number of hydrogen-bond acceptors (Lipinski definition) is 2. The third-order valence-corrected chi connectivity index (χ3v) is 2.78. The lowest BCUT2D eigenvalue weighted by Crippen LogP contribution is -2.13. The Bertz CT molecular complexity index is 517. The van der Waals surface area contributed by atoms with E-state index >= 15 is 0 Å². The van der Waals surface area contributed by atoms with Crippen LogP contribution in [0.5, 0.6) is 0 Å². The normalized spacial score (nSPS) is 12.1. The second-order valence-electron chi connectivity index (χ2n) is 3.94. The zero-order chi connectivity index (χ0) is 13.0. The van der Waals surface area contributed by atoms with Gasteiger partial charge in [-0.3, -0.25) is 0 Å². The molecule has 2 aromatic carbocycles. The maximum absolute atomic E-state index is 11.0. The van der Waals surface area contributed by atoms with Crippen molar-refractivity contribution in [3.05, 3.63) is 60.2 Å². The molecule has 0 radical (unpaired) electrons. The van der Waals surface area contributed by atoms with E-state index in [2.05, 4.69) is 0 Å². The molecule has 0 aliphatic carbocycles. The van der Waals surface area contributed by atoms with Gasteiger partial charge in [-0.25, -0.2) is 4.79 Å². The predicted octanol–water partition coefficient (Wildman–Crippen LogP) is 3.13. The Hall–Kier alpha value is -2.13. The fourth-order valence-corrected chi connectivity index (χ4v) is 1.86. The van der Waals surface area contributed by atoms with Crippen molar-refractivity contribution in [2.24, 2.45) is 0 Å². The Labute approximate surface area is 106 Å². The molecule has 0 saturated carbocycles. The Balaban J connectivity index is 2.28. The summed E-state index contributed by atoms with van der Waals surface area (Å²) in [5.74, 6) is -0.982. The smallest absolute Gasteiger partial charge is 0.337 e. The van der Waals surface area contributed by atoms with Crippen molar-refractivity contribution in [2.75, 3.05) is 7.11 Å². The highest BCUT2D eigenvalue weighted by molar-refractivity contribution is 5.75. The summed E-state index contributed by atoms with van der Waals surface area (Å²) in [6.45, 7) is 0. The summed E-state index contributed by atoms with van der Waals surface area (Å²) in [4.78, 5) is 11.0. The molecule has 0 saturated heterocycles. The second kappa shape index (κ2) is 5.47. The van der Waals surface area contributed by atoms with Gasteiger partial charge in [0.15, 0.2) is 6.10 Å². The largest absolute Gasteiger partial charge is 0.479 e. The van der Waals surface area contributed by atoms with Crippen LogP contribution in [0.1, 0.15) is 11.7 Å². The molecule has 0 bridgehead atoms. The quantitative estimate of drug-likeness (QED) is 0.896. The summed E-state index contributed by atoms with van der Waals surface area (Å²) < 4.78 is 4.94. The van der Waals surface area contributed by atoms with Crippen LogP contribution in [-0.2, 0) is 9.53 Å². The molecule has 2 rings (SSSR count). The summed E-state index contributed by atoms with van der Waals surface area (Å²) in [6, 6.07) is 17.3. The standard InChI is InChI=1S/C15H14O3/c1-18-14(15(16)17)13-9-7-12(8-10-13)11-5-3-2-4-6-11/h2-10,14H,1H3,(H,16,17). The number of carbonyl (C=O) groups is 1. The zero-order valence-corrected chi connectivity index (χ0v) is 10.0. The Morgan fingerprint density at radius 1 is 1.00 bits per heavy atom. The average Bonchev–Trinajstić information content (AvgIpc) is 2.41. The van der Waals surface area contributed by atoms with Gasteiger partial charge in [-0.1, -0.05) is 54.6 Å². The Kier molecular flexibility index (Phi) is 3.75. The molecule has 3 heteroatoms. The number of benzene rings is 2.